The van der Waals surface area contributed by atoms with E-state index < -0.39 is 0 Å². The Morgan fingerprint density at radius 1 is 1.10 bits per heavy atom. The van der Waals surface area contributed by atoms with Gasteiger partial charge in [-0.3, -0.25) is 18.7 Å². The predicted molar refractivity (Wildman–Crippen MR) is 115 cm³/mol. The molecule has 1 aliphatic rings. The Bertz CT molecular complexity index is 1360. The zero-order valence-corrected chi connectivity index (χ0v) is 16.8. The first-order chi connectivity index (χ1) is 15.1. The first kappa shape index (κ1) is 19.2. The highest BCUT2D eigenvalue weighted by atomic mass is 19.1. The summed E-state index contributed by atoms with van der Waals surface area (Å²) in [5.41, 5.74) is 4.23. The van der Waals surface area contributed by atoms with Crippen molar-refractivity contribution < 1.29 is 4.39 Å². The van der Waals surface area contributed by atoms with Crippen LogP contribution >= 0.6 is 0 Å². The minimum Gasteiger partial charge on any atom is -0.294 e. The Labute approximate surface area is 178 Å². The van der Waals surface area contributed by atoms with Crippen molar-refractivity contribution in [1.82, 2.24) is 18.9 Å². The van der Waals surface area contributed by atoms with Gasteiger partial charge in [0.15, 0.2) is 5.69 Å². The van der Waals surface area contributed by atoms with Crippen molar-refractivity contribution in [1.29, 1.82) is 0 Å². The normalized spacial score (nSPS) is 13.8. The molecule has 0 amide bonds. The molecular formula is C24H20FN5O. The SMILES string of the molecule is [C-]#[N+]c1cccc(CN2CCc3c(c(=O)n(Cc4ccc(F)cc4)c4nccn34)C2)c1. The molecule has 0 aliphatic carbocycles. The molecule has 154 valence electrons. The monoisotopic (exact) mass is 413 g/mol. The second-order valence-corrected chi connectivity index (χ2v) is 7.78. The van der Waals surface area contributed by atoms with Gasteiger partial charge < -0.3 is 0 Å². The van der Waals surface area contributed by atoms with Gasteiger partial charge >= 0.3 is 0 Å². The van der Waals surface area contributed by atoms with Crippen LogP contribution < -0.4 is 5.56 Å². The van der Waals surface area contributed by atoms with Gasteiger partial charge in [0.2, 0.25) is 5.78 Å². The van der Waals surface area contributed by atoms with Crippen LogP contribution in [0.15, 0.2) is 65.7 Å². The Balaban J connectivity index is 1.50. The molecule has 6 nitrogen and oxygen atoms in total. The van der Waals surface area contributed by atoms with Crippen LogP contribution in [0.1, 0.15) is 22.4 Å². The summed E-state index contributed by atoms with van der Waals surface area (Å²) in [5.74, 6) is 0.303. The fourth-order valence-electron chi connectivity index (χ4n) is 4.26. The highest BCUT2D eigenvalue weighted by Gasteiger charge is 2.24. The summed E-state index contributed by atoms with van der Waals surface area (Å²) in [6, 6.07) is 13.8. The van der Waals surface area contributed by atoms with Gasteiger partial charge in [0, 0.05) is 44.1 Å². The number of fused-ring (bicyclic) bond motifs is 3. The number of nitrogens with zero attached hydrogens (tertiary/aromatic N) is 5. The molecule has 0 bridgehead atoms. The predicted octanol–water partition coefficient (Wildman–Crippen LogP) is 3.79. The molecule has 0 saturated heterocycles. The zero-order valence-electron chi connectivity index (χ0n) is 16.8. The molecule has 0 atom stereocenters. The first-order valence-electron chi connectivity index (χ1n) is 10.1. The number of aromatic nitrogens is 3. The summed E-state index contributed by atoms with van der Waals surface area (Å²) in [5, 5.41) is 0. The summed E-state index contributed by atoms with van der Waals surface area (Å²) in [6.07, 6.45) is 4.35. The van der Waals surface area contributed by atoms with E-state index in [1.165, 1.54) is 12.1 Å². The molecule has 0 saturated carbocycles. The Kier molecular flexibility index (Phi) is 4.85. The average molecular weight is 413 g/mol. The van der Waals surface area contributed by atoms with E-state index >= 15 is 0 Å². The van der Waals surface area contributed by atoms with Gasteiger partial charge in [-0.15, -0.1) is 0 Å². The van der Waals surface area contributed by atoms with Gasteiger partial charge in [0.25, 0.3) is 5.56 Å². The third-order valence-electron chi connectivity index (χ3n) is 5.75. The van der Waals surface area contributed by atoms with Crippen LogP contribution in [0, 0.1) is 12.4 Å². The van der Waals surface area contributed by atoms with E-state index in [9.17, 15) is 9.18 Å². The van der Waals surface area contributed by atoms with Gasteiger partial charge in [-0.05, 0) is 23.3 Å². The van der Waals surface area contributed by atoms with E-state index in [-0.39, 0.29) is 11.4 Å². The van der Waals surface area contributed by atoms with Crippen LogP contribution in [-0.2, 0) is 26.1 Å². The number of rotatable bonds is 4. The molecule has 2 aromatic heterocycles. The molecule has 1 aliphatic heterocycles. The highest BCUT2D eigenvalue weighted by molar-refractivity contribution is 5.46. The average Bonchev–Trinajstić information content (AvgIpc) is 3.28. The van der Waals surface area contributed by atoms with Crippen LogP contribution in [0.25, 0.3) is 10.6 Å². The van der Waals surface area contributed by atoms with E-state index in [0.29, 0.717) is 31.1 Å². The van der Waals surface area contributed by atoms with Crippen molar-refractivity contribution in [2.24, 2.45) is 0 Å². The lowest BCUT2D eigenvalue weighted by Crippen LogP contribution is -2.38. The summed E-state index contributed by atoms with van der Waals surface area (Å²) in [6.45, 7) is 9.59. The summed E-state index contributed by atoms with van der Waals surface area (Å²) < 4.78 is 17.0. The fraction of sp³-hybridized carbons (Fsp3) is 0.208. The van der Waals surface area contributed by atoms with Crippen LogP contribution in [0.5, 0.6) is 0 Å². The highest BCUT2D eigenvalue weighted by Crippen LogP contribution is 2.22. The molecule has 31 heavy (non-hydrogen) atoms. The molecule has 0 N–H and O–H groups in total. The van der Waals surface area contributed by atoms with Crippen molar-refractivity contribution >= 4 is 11.5 Å². The Hall–Kier alpha value is -3.76. The second-order valence-electron chi connectivity index (χ2n) is 7.78. The summed E-state index contributed by atoms with van der Waals surface area (Å²) in [7, 11) is 0. The van der Waals surface area contributed by atoms with Gasteiger partial charge in [0.05, 0.1) is 18.7 Å². The van der Waals surface area contributed by atoms with Gasteiger partial charge in [0.1, 0.15) is 5.82 Å². The maximum atomic E-state index is 13.5. The minimum absolute atomic E-state index is 0.0577. The van der Waals surface area contributed by atoms with E-state index in [1.807, 2.05) is 28.8 Å². The lowest BCUT2D eigenvalue weighted by atomic mass is 10.1. The van der Waals surface area contributed by atoms with Crippen molar-refractivity contribution in [3.8, 4) is 0 Å². The summed E-state index contributed by atoms with van der Waals surface area (Å²) in [4.78, 5) is 23.6. The molecule has 4 aromatic rings. The first-order valence-corrected chi connectivity index (χ1v) is 10.1. The van der Waals surface area contributed by atoms with Crippen LogP contribution in [-0.4, -0.2) is 25.4 Å². The fourth-order valence-corrected chi connectivity index (χ4v) is 4.26. The lowest BCUT2D eigenvalue weighted by Gasteiger charge is -2.29. The number of halogens is 1. The standard InChI is InChI=1S/C24H20FN5O/c1-26-20-4-2-3-18(13-20)14-28-11-9-22-21(16-28)23(31)30(24-27-10-12-29(22)24)15-17-5-7-19(25)8-6-17/h2-8,10,12-13H,9,11,14-16H2. The Morgan fingerprint density at radius 2 is 1.94 bits per heavy atom. The lowest BCUT2D eigenvalue weighted by molar-refractivity contribution is 0.240. The summed E-state index contributed by atoms with van der Waals surface area (Å²) >= 11 is 0. The smallest absolute Gasteiger partial charge is 0.259 e. The molecule has 2 aromatic carbocycles. The van der Waals surface area contributed by atoms with Crippen molar-refractivity contribution in [3.05, 3.63) is 111 Å². The maximum Gasteiger partial charge on any atom is 0.259 e. The van der Waals surface area contributed by atoms with Gasteiger partial charge in [-0.2, -0.15) is 0 Å². The van der Waals surface area contributed by atoms with Crippen LogP contribution in [0.4, 0.5) is 10.1 Å². The second kappa shape index (κ2) is 7.82. The molecule has 0 unspecified atom stereocenters. The molecule has 0 spiro atoms. The number of imidazole rings is 1. The minimum atomic E-state index is -0.301. The number of hydrogen-bond acceptors (Lipinski definition) is 3. The molecule has 0 radical (unpaired) electrons. The van der Waals surface area contributed by atoms with E-state index in [4.69, 9.17) is 6.57 Å². The molecule has 5 rings (SSSR count). The largest absolute Gasteiger partial charge is 0.294 e. The van der Waals surface area contributed by atoms with Gasteiger partial charge in [-0.1, -0.05) is 36.4 Å². The quantitative estimate of drug-likeness (QED) is 0.478. The van der Waals surface area contributed by atoms with E-state index in [1.54, 1.807) is 29.0 Å². The Morgan fingerprint density at radius 3 is 2.74 bits per heavy atom. The molecule has 3 heterocycles. The van der Waals surface area contributed by atoms with E-state index in [2.05, 4.69) is 14.7 Å². The number of benzene rings is 2. The van der Waals surface area contributed by atoms with Crippen molar-refractivity contribution in [2.75, 3.05) is 6.54 Å². The van der Waals surface area contributed by atoms with Gasteiger partial charge in [-0.25, -0.2) is 14.2 Å². The number of hydrogen-bond donors (Lipinski definition) is 0. The maximum absolute atomic E-state index is 13.5. The van der Waals surface area contributed by atoms with E-state index in [0.717, 1.165) is 35.3 Å². The van der Waals surface area contributed by atoms with Crippen LogP contribution in [0.2, 0.25) is 0 Å². The van der Waals surface area contributed by atoms with Crippen molar-refractivity contribution in [3.63, 3.8) is 0 Å². The molecular weight excluding hydrogens is 393 g/mol. The third-order valence-corrected chi connectivity index (χ3v) is 5.75. The molecule has 7 heteroatoms. The zero-order chi connectivity index (χ0) is 21.4. The van der Waals surface area contributed by atoms with Crippen molar-refractivity contribution in [2.45, 2.75) is 26.1 Å². The molecule has 0 fully saturated rings. The topological polar surface area (TPSA) is 46.9 Å². The third kappa shape index (κ3) is 3.62. The van der Waals surface area contributed by atoms with Crippen LogP contribution in [0.3, 0.4) is 0 Å².